The number of rotatable bonds is 7. The zero-order valence-electron chi connectivity index (χ0n) is 11.0. The second kappa shape index (κ2) is 7.23. The fourth-order valence-corrected chi connectivity index (χ4v) is 2.27. The van der Waals surface area contributed by atoms with Crippen molar-refractivity contribution in [2.45, 2.75) is 6.54 Å². The van der Waals surface area contributed by atoms with Gasteiger partial charge in [0.15, 0.2) is 0 Å². The minimum atomic E-state index is -0.350. The second-order valence-corrected chi connectivity index (χ2v) is 5.03. The van der Waals surface area contributed by atoms with Crippen LogP contribution >= 0.6 is 11.8 Å². The van der Waals surface area contributed by atoms with Crippen LogP contribution in [0.15, 0.2) is 18.2 Å². The summed E-state index contributed by atoms with van der Waals surface area (Å²) in [6.45, 7) is 1.67. The van der Waals surface area contributed by atoms with Gasteiger partial charge in [-0.15, -0.1) is 0 Å². The molecule has 0 spiro atoms. The molecule has 0 fully saturated rings. The molecule has 18 heavy (non-hydrogen) atoms. The van der Waals surface area contributed by atoms with E-state index in [2.05, 4.69) is 16.5 Å². The predicted molar refractivity (Wildman–Crippen MR) is 77.4 cm³/mol. The third-order valence-electron chi connectivity index (χ3n) is 2.69. The van der Waals surface area contributed by atoms with Crippen LogP contribution in [0, 0.1) is 10.1 Å². The van der Waals surface area contributed by atoms with E-state index >= 15 is 0 Å². The van der Waals surface area contributed by atoms with Gasteiger partial charge in [-0.1, -0.05) is 12.1 Å². The van der Waals surface area contributed by atoms with Crippen molar-refractivity contribution >= 4 is 23.1 Å². The van der Waals surface area contributed by atoms with Gasteiger partial charge in [0.05, 0.1) is 4.92 Å². The highest BCUT2D eigenvalue weighted by Crippen LogP contribution is 2.28. The molecule has 0 radical (unpaired) electrons. The van der Waals surface area contributed by atoms with Crippen LogP contribution in [0.1, 0.15) is 5.56 Å². The lowest BCUT2D eigenvalue weighted by molar-refractivity contribution is -0.384. The average molecular weight is 269 g/mol. The first-order chi connectivity index (χ1) is 8.60. The van der Waals surface area contributed by atoms with Crippen LogP contribution in [0.25, 0.3) is 0 Å². The van der Waals surface area contributed by atoms with Gasteiger partial charge >= 0.3 is 0 Å². The number of para-hydroxylation sites is 1. The van der Waals surface area contributed by atoms with Crippen LogP contribution in [-0.4, -0.2) is 42.5 Å². The molecule has 1 aromatic rings. The van der Waals surface area contributed by atoms with Crippen LogP contribution in [0.3, 0.4) is 0 Å². The summed E-state index contributed by atoms with van der Waals surface area (Å²) in [5, 5.41) is 13.9. The summed E-state index contributed by atoms with van der Waals surface area (Å²) in [5.41, 5.74) is 1.70. The molecule has 0 bridgehead atoms. The number of hydrogen-bond acceptors (Lipinski definition) is 5. The minimum absolute atomic E-state index is 0.133. The van der Waals surface area contributed by atoms with E-state index < -0.39 is 0 Å². The Hall–Kier alpha value is -1.27. The smallest absolute Gasteiger partial charge is 0.292 e. The Morgan fingerprint density at radius 2 is 2.22 bits per heavy atom. The molecule has 5 nitrogen and oxygen atoms in total. The third-order valence-corrected chi connectivity index (χ3v) is 3.28. The fraction of sp³-hybridized carbons (Fsp3) is 0.500. The summed E-state index contributed by atoms with van der Waals surface area (Å²) < 4.78 is 0. The van der Waals surface area contributed by atoms with E-state index in [0.29, 0.717) is 12.2 Å². The van der Waals surface area contributed by atoms with Crippen molar-refractivity contribution in [2.75, 3.05) is 38.0 Å². The first-order valence-electron chi connectivity index (χ1n) is 5.71. The van der Waals surface area contributed by atoms with Gasteiger partial charge in [-0.25, -0.2) is 0 Å². The lowest BCUT2D eigenvalue weighted by Crippen LogP contribution is -2.21. The monoisotopic (exact) mass is 269 g/mol. The summed E-state index contributed by atoms with van der Waals surface area (Å²) >= 11 is 1.79. The summed E-state index contributed by atoms with van der Waals surface area (Å²) in [4.78, 5) is 12.8. The van der Waals surface area contributed by atoms with Gasteiger partial charge in [-0.05, 0) is 18.9 Å². The predicted octanol–water partition coefficient (Wildman–Crippen LogP) is 2.43. The van der Waals surface area contributed by atoms with Crippen molar-refractivity contribution in [3.63, 3.8) is 0 Å². The lowest BCUT2D eigenvalue weighted by atomic mass is 10.1. The molecule has 1 rings (SSSR count). The number of hydrogen-bond donors (Lipinski definition) is 1. The standard InChI is InChI=1S/C12H19N3O2S/c1-13-12-10(9-14(2)7-8-18-3)5-4-6-11(12)15(16)17/h4-6,13H,7-9H2,1-3H3. The highest BCUT2D eigenvalue weighted by Gasteiger charge is 2.16. The van der Waals surface area contributed by atoms with Gasteiger partial charge in [-0.3, -0.25) is 10.1 Å². The van der Waals surface area contributed by atoms with Crippen molar-refractivity contribution in [1.82, 2.24) is 4.90 Å². The van der Waals surface area contributed by atoms with Gasteiger partial charge in [0.1, 0.15) is 5.69 Å². The largest absolute Gasteiger partial charge is 0.382 e. The molecule has 0 amide bonds. The molecule has 0 heterocycles. The maximum atomic E-state index is 10.9. The number of nitrogens with zero attached hydrogens (tertiary/aromatic N) is 2. The van der Waals surface area contributed by atoms with Crippen molar-refractivity contribution in [2.24, 2.45) is 0 Å². The molecule has 6 heteroatoms. The molecule has 0 aliphatic carbocycles. The topological polar surface area (TPSA) is 58.4 Å². The Kier molecular flexibility index (Phi) is 5.94. The molecule has 1 aromatic carbocycles. The van der Waals surface area contributed by atoms with Crippen molar-refractivity contribution < 1.29 is 4.92 Å². The summed E-state index contributed by atoms with van der Waals surface area (Å²) in [7, 11) is 3.74. The van der Waals surface area contributed by atoms with Gasteiger partial charge < -0.3 is 10.2 Å². The average Bonchev–Trinajstić information content (AvgIpc) is 2.35. The third kappa shape index (κ3) is 3.89. The molecular weight excluding hydrogens is 250 g/mol. The molecule has 0 aromatic heterocycles. The van der Waals surface area contributed by atoms with Gasteiger partial charge in [0.2, 0.25) is 0 Å². The summed E-state index contributed by atoms with van der Waals surface area (Å²) in [6, 6.07) is 5.18. The number of nitro groups is 1. The van der Waals surface area contributed by atoms with Crippen LogP contribution in [0.5, 0.6) is 0 Å². The van der Waals surface area contributed by atoms with E-state index in [1.807, 2.05) is 13.1 Å². The normalized spacial score (nSPS) is 10.7. The zero-order chi connectivity index (χ0) is 13.5. The van der Waals surface area contributed by atoms with Crippen LogP contribution < -0.4 is 5.32 Å². The van der Waals surface area contributed by atoms with E-state index in [1.165, 1.54) is 6.07 Å². The maximum Gasteiger partial charge on any atom is 0.292 e. The van der Waals surface area contributed by atoms with E-state index in [-0.39, 0.29) is 10.6 Å². The number of nitrogens with one attached hydrogen (secondary N) is 1. The number of benzene rings is 1. The van der Waals surface area contributed by atoms with Gasteiger partial charge in [0, 0.05) is 32.0 Å². The van der Waals surface area contributed by atoms with E-state index in [1.54, 1.807) is 24.9 Å². The van der Waals surface area contributed by atoms with E-state index in [9.17, 15) is 10.1 Å². The number of thioether (sulfide) groups is 1. The summed E-state index contributed by atoms with van der Waals surface area (Å²) in [6.07, 6.45) is 2.07. The van der Waals surface area contributed by atoms with E-state index in [0.717, 1.165) is 17.9 Å². The lowest BCUT2D eigenvalue weighted by Gasteiger charge is -2.18. The van der Waals surface area contributed by atoms with Gasteiger partial charge in [-0.2, -0.15) is 11.8 Å². The Balaban J connectivity index is 2.88. The van der Waals surface area contributed by atoms with Crippen molar-refractivity contribution in [3.8, 4) is 0 Å². The highest BCUT2D eigenvalue weighted by atomic mass is 32.2. The second-order valence-electron chi connectivity index (χ2n) is 4.05. The number of anilines is 1. The fourth-order valence-electron chi connectivity index (χ4n) is 1.78. The number of nitro benzene ring substituents is 1. The SMILES string of the molecule is CNc1c(CN(C)CCSC)cccc1[N+](=O)[O-]. The Labute approximate surface area is 112 Å². The van der Waals surface area contributed by atoms with Crippen LogP contribution in [-0.2, 0) is 6.54 Å². The zero-order valence-corrected chi connectivity index (χ0v) is 11.8. The Morgan fingerprint density at radius 3 is 2.78 bits per heavy atom. The molecule has 0 aliphatic rings. The molecule has 1 N–H and O–H groups in total. The minimum Gasteiger partial charge on any atom is -0.382 e. The van der Waals surface area contributed by atoms with Crippen LogP contribution in [0.2, 0.25) is 0 Å². The molecule has 0 unspecified atom stereocenters. The quantitative estimate of drug-likeness (QED) is 0.608. The van der Waals surface area contributed by atoms with Crippen LogP contribution in [0.4, 0.5) is 11.4 Å². The Bertz CT molecular complexity index is 412. The first kappa shape index (κ1) is 14.8. The summed E-state index contributed by atoms with van der Waals surface area (Å²) in [5.74, 6) is 1.06. The molecule has 0 saturated carbocycles. The first-order valence-corrected chi connectivity index (χ1v) is 7.11. The van der Waals surface area contributed by atoms with E-state index in [4.69, 9.17) is 0 Å². The van der Waals surface area contributed by atoms with Crippen molar-refractivity contribution in [3.05, 3.63) is 33.9 Å². The molecule has 0 saturated heterocycles. The Morgan fingerprint density at radius 1 is 1.50 bits per heavy atom. The highest BCUT2D eigenvalue weighted by molar-refractivity contribution is 7.98. The molecule has 100 valence electrons. The molecule has 0 atom stereocenters. The van der Waals surface area contributed by atoms with Gasteiger partial charge in [0.25, 0.3) is 5.69 Å². The maximum absolute atomic E-state index is 10.9. The molecular formula is C12H19N3O2S. The molecule has 0 aliphatic heterocycles. The van der Waals surface area contributed by atoms with Crippen molar-refractivity contribution in [1.29, 1.82) is 0 Å².